The largest absolute Gasteiger partial charge is 0.477 e. The Morgan fingerprint density at radius 2 is 1.70 bits per heavy atom. The average Bonchev–Trinajstić information content (AvgIpc) is 2.68. The minimum absolute atomic E-state index is 0.0160. The molecule has 6 N–H and O–H groups in total. The molecule has 0 saturated carbocycles. The molecular weight excluding hydrogens is 398 g/mol. The SMILES string of the molecule is CCc1ccc(OC(O)CN(CCO)CCO)cc1.O=C(O)c1cc(=O)[nH]c(=O)[nH]1. The number of hydrogen-bond acceptors (Lipinski definition) is 8. The molecule has 166 valence electrons. The van der Waals surface area contributed by atoms with Crippen molar-refractivity contribution < 1.29 is 30.0 Å². The maximum absolute atomic E-state index is 10.5. The van der Waals surface area contributed by atoms with Crippen LogP contribution in [0.15, 0.2) is 39.9 Å². The highest BCUT2D eigenvalue weighted by atomic mass is 16.6. The first-order valence-corrected chi connectivity index (χ1v) is 9.23. The zero-order chi connectivity index (χ0) is 22.5. The van der Waals surface area contributed by atoms with Crippen molar-refractivity contribution in [2.45, 2.75) is 19.6 Å². The molecule has 1 atom stereocenters. The van der Waals surface area contributed by atoms with Crippen LogP contribution in [0.1, 0.15) is 23.0 Å². The van der Waals surface area contributed by atoms with Crippen molar-refractivity contribution in [2.24, 2.45) is 0 Å². The van der Waals surface area contributed by atoms with Crippen molar-refractivity contribution in [1.29, 1.82) is 0 Å². The maximum atomic E-state index is 10.5. The lowest BCUT2D eigenvalue weighted by atomic mass is 10.2. The number of rotatable bonds is 10. The highest BCUT2D eigenvalue weighted by Crippen LogP contribution is 2.14. The molecule has 2 aromatic rings. The van der Waals surface area contributed by atoms with Gasteiger partial charge in [-0.1, -0.05) is 19.1 Å². The third-order valence-electron chi connectivity index (χ3n) is 3.84. The molecule has 0 fully saturated rings. The molecule has 1 aromatic heterocycles. The molecular formula is C19H27N3O8. The Morgan fingerprint density at radius 3 is 2.17 bits per heavy atom. The number of aromatic amines is 2. The fourth-order valence-corrected chi connectivity index (χ4v) is 2.38. The number of benzene rings is 1. The number of nitrogens with zero attached hydrogens (tertiary/aromatic N) is 1. The summed E-state index contributed by atoms with van der Waals surface area (Å²) in [5, 5.41) is 35.9. The molecule has 0 bridgehead atoms. The highest BCUT2D eigenvalue weighted by molar-refractivity contribution is 5.84. The third-order valence-corrected chi connectivity index (χ3v) is 3.84. The van der Waals surface area contributed by atoms with E-state index in [1.807, 2.05) is 34.2 Å². The van der Waals surface area contributed by atoms with Gasteiger partial charge in [0.15, 0.2) is 0 Å². The predicted molar refractivity (Wildman–Crippen MR) is 108 cm³/mol. The molecule has 0 aliphatic heterocycles. The van der Waals surface area contributed by atoms with Crippen molar-refractivity contribution in [3.05, 3.63) is 62.4 Å². The van der Waals surface area contributed by atoms with Crippen LogP contribution in [0.4, 0.5) is 0 Å². The van der Waals surface area contributed by atoms with Crippen LogP contribution in [0.3, 0.4) is 0 Å². The second-order valence-electron chi connectivity index (χ2n) is 6.12. The first-order valence-electron chi connectivity index (χ1n) is 9.23. The molecule has 0 radical (unpaired) electrons. The second-order valence-corrected chi connectivity index (χ2v) is 6.12. The van der Waals surface area contributed by atoms with Crippen LogP contribution >= 0.6 is 0 Å². The van der Waals surface area contributed by atoms with Gasteiger partial charge in [-0.3, -0.25) is 14.7 Å². The number of hydrogen-bond donors (Lipinski definition) is 6. The summed E-state index contributed by atoms with van der Waals surface area (Å²) in [6.45, 7) is 3.09. The Morgan fingerprint density at radius 1 is 1.10 bits per heavy atom. The minimum atomic E-state index is -1.34. The van der Waals surface area contributed by atoms with E-state index in [4.69, 9.17) is 20.1 Å². The van der Waals surface area contributed by atoms with Gasteiger partial charge in [-0.05, 0) is 24.1 Å². The van der Waals surface area contributed by atoms with Crippen molar-refractivity contribution in [2.75, 3.05) is 32.8 Å². The molecule has 0 aliphatic rings. The van der Waals surface area contributed by atoms with E-state index >= 15 is 0 Å². The lowest BCUT2D eigenvalue weighted by molar-refractivity contribution is -0.0448. The number of aromatic nitrogens is 2. The number of nitrogens with one attached hydrogen (secondary N) is 2. The van der Waals surface area contributed by atoms with Crippen molar-refractivity contribution in [3.63, 3.8) is 0 Å². The zero-order valence-electron chi connectivity index (χ0n) is 16.6. The van der Waals surface area contributed by atoms with Crippen LogP contribution < -0.4 is 16.0 Å². The molecule has 1 heterocycles. The van der Waals surface area contributed by atoms with E-state index in [9.17, 15) is 19.5 Å². The van der Waals surface area contributed by atoms with E-state index in [2.05, 4.69) is 6.92 Å². The lowest BCUT2D eigenvalue weighted by Gasteiger charge is -2.23. The van der Waals surface area contributed by atoms with Gasteiger partial charge >= 0.3 is 11.7 Å². The normalized spacial score (nSPS) is 11.5. The standard InChI is InChI=1S/C14H23NO4.C5H4N2O4/c1-2-12-3-5-13(6-4-12)19-14(18)11-15(7-9-16)8-10-17;8-3-1-2(4(9)10)6-5(11)7-3/h3-6,14,16-18H,2,7-11H2,1H3;1H,(H,9,10)(H2,6,7,8,11). The summed E-state index contributed by atoms with van der Waals surface area (Å²) in [4.78, 5) is 36.6. The number of H-pyrrole nitrogens is 2. The topological polar surface area (TPSA) is 176 Å². The summed E-state index contributed by atoms with van der Waals surface area (Å²) >= 11 is 0. The Hall–Kier alpha value is -2.99. The molecule has 0 amide bonds. The molecule has 0 spiro atoms. The monoisotopic (exact) mass is 425 g/mol. The number of aliphatic hydroxyl groups excluding tert-OH is 3. The van der Waals surface area contributed by atoms with Gasteiger partial charge < -0.3 is 30.1 Å². The molecule has 11 heteroatoms. The van der Waals surface area contributed by atoms with Crippen LogP contribution in [-0.2, 0) is 6.42 Å². The summed E-state index contributed by atoms with van der Waals surface area (Å²) in [6.07, 6.45) is -0.0190. The van der Waals surface area contributed by atoms with E-state index in [1.165, 1.54) is 5.56 Å². The van der Waals surface area contributed by atoms with Crippen molar-refractivity contribution >= 4 is 5.97 Å². The lowest BCUT2D eigenvalue weighted by Crippen LogP contribution is -2.38. The second kappa shape index (κ2) is 13.3. The number of carboxylic acid groups (broad SMARTS) is 1. The summed E-state index contributed by atoms with van der Waals surface area (Å²) in [5.41, 5.74) is -0.760. The highest BCUT2D eigenvalue weighted by Gasteiger charge is 2.12. The molecule has 30 heavy (non-hydrogen) atoms. The van der Waals surface area contributed by atoms with Crippen molar-refractivity contribution in [1.82, 2.24) is 14.9 Å². The first-order chi connectivity index (χ1) is 14.3. The quantitative estimate of drug-likeness (QED) is 0.261. The number of carboxylic acids is 1. The number of carbonyl (C=O) groups is 1. The van der Waals surface area contributed by atoms with Crippen LogP contribution in [0.2, 0.25) is 0 Å². The molecule has 1 unspecified atom stereocenters. The Labute approximate surface area is 172 Å². The third kappa shape index (κ3) is 9.47. The number of aryl methyl sites for hydroxylation is 1. The zero-order valence-corrected chi connectivity index (χ0v) is 16.6. The first kappa shape index (κ1) is 25.0. The molecule has 1 aromatic carbocycles. The fraction of sp³-hybridized carbons (Fsp3) is 0.421. The minimum Gasteiger partial charge on any atom is -0.477 e. The molecule has 0 saturated heterocycles. The maximum Gasteiger partial charge on any atom is 0.352 e. The smallest absolute Gasteiger partial charge is 0.352 e. The van der Waals surface area contributed by atoms with Gasteiger partial charge in [0.2, 0.25) is 6.29 Å². The van der Waals surface area contributed by atoms with Gasteiger partial charge in [0, 0.05) is 19.2 Å². The van der Waals surface area contributed by atoms with Gasteiger partial charge in [-0.2, -0.15) is 0 Å². The predicted octanol–water partition coefficient (Wildman–Crippen LogP) is -1.01. The molecule has 2 rings (SSSR count). The Bertz CT molecular complexity index is 844. The summed E-state index contributed by atoms with van der Waals surface area (Å²) in [5.74, 6) is -0.731. The summed E-state index contributed by atoms with van der Waals surface area (Å²) in [6, 6.07) is 8.36. The van der Waals surface area contributed by atoms with Crippen LogP contribution in [0.25, 0.3) is 0 Å². The molecule has 0 aliphatic carbocycles. The Balaban J connectivity index is 0.000000346. The number of ether oxygens (including phenoxy) is 1. The molecule has 11 nitrogen and oxygen atoms in total. The van der Waals surface area contributed by atoms with Gasteiger partial charge in [-0.25, -0.2) is 9.59 Å². The summed E-state index contributed by atoms with van der Waals surface area (Å²) < 4.78 is 5.39. The van der Waals surface area contributed by atoms with E-state index in [0.29, 0.717) is 18.8 Å². The van der Waals surface area contributed by atoms with E-state index in [-0.39, 0.29) is 19.8 Å². The summed E-state index contributed by atoms with van der Waals surface area (Å²) in [7, 11) is 0. The van der Waals surface area contributed by atoms with Gasteiger partial charge in [0.05, 0.1) is 19.8 Å². The fourth-order valence-electron chi connectivity index (χ4n) is 2.38. The van der Waals surface area contributed by atoms with Gasteiger partial charge in [0.25, 0.3) is 5.56 Å². The van der Waals surface area contributed by atoms with Gasteiger partial charge in [-0.15, -0.1) is 0 Å². The van der Waals surface area contributed by atoms with E-state index < -0.39 is 29.2 Å². The van der Waals surface area contributed by atoms with Gasteiger partial charge in [0.1, 0.15) is 11.4 Å². The number of aliphatic hydroxyl groups is 3. The van der Waals surface area contributed by atoms with Crippen LogP contribution in [0.5, 0.6) is 5.75 Å². The Kier molecular flexibility index (Phi) is 11.1. The average molecular weight is 425 g/mol. The van der Waals surface area contributed by atoms with E-state index in [1.54, 1.807) is 4.90 Å². The van der Waals surface area contributed by atoms with Crippen LogP contribution in [-0.4, -0.2) is 80.4 Å². The number of aromatic carboxylic acids is 1. The van der Waals surface area contributed by atoms with Crippen LogP contribution in [0, 0.1) is 0 Å². The van der Waals surface area contributed by atoms with E-state index in [0.717, 1.165) is 12.5 Å². The van der Waals surface area contributed by atoms with Crippen molar-refractivity contribution in [3.8, 4) is 5.75 Å².